The molecule has 0 bridgehead atoms. The Balaban J connectivity index is 1.45. The highest BCUT2D eigenvalue weighted by atomic mass is 32.2. The highest BCUT2D eigenvalue weighted by molar-refractivity contribution is 7.89. The monoisotopic (exact) mass is 406 g/mol. The van der Waals surface area contributed by atoms with Gasteiger partial charge in [-0.05, 0) is 42.8 Å². The quantitative estimate of drug-likeness (QED) is 0.524. The summed E-state index contributed by atoms with van der Waals surface area (Å²) >= 11 is 0. The Morgan fingerprint density at radius 2 is 1.52 bits per heavy atom. The van der Waals surface area contributed by atoms with Crippen molar-refractivity contribution in [3.05, 3.63) is 72.4 Å². The van der Waals surface area contributed by atoms with Crippen LogP contribution in [-0.2, 0) is 10.0 Å². The van der Waals surface area contributed by atoms with Gasteiger partial charge in [-0.3, -0.25) is 0 Å². The van der Waals surface area contributed by atoms with Crippen LogP contribution in [0.4, 0.5) is 5.82 Å². The van der Waals surface area contributed by atoms with Crippen LogP contribution < -0.4 is 4.90 Å². The fourth-order valence-corrected chi connectivity index (χ4v) is 5.71. The number of hydrogen-bond acceptors (Lipinski definition) is 4. The summed E-state index contributed by atoms with van der Waals surface area (Å²) in [5, 5.41) is 0. The van der Waals surface area contributed by atoms with Gasteiger partial charge in [-0.15, -0.1) is 0 Å². The number of aromatic nitrogens is 2. The topological polar surface area (TPSA) is 57.9 Å². The summed E-state index contributed by atoms with van der Waals surface area (Å²) in [6.07, 6.45) is 2.04. The van der Waals surface area contributed by atoms with Gasteiger partial charge in [0.25, 0.3) is 0 Å². The number of para-hydroxylation sites is 2. The Morgan fingerprint density at radius 1 is 0.828 bits per heavy atom. The first kappa shape index (κ1) is 18.1. The lowest BCUT2D eigenvalue weighted by Crippen LogP contribution is -2.49. The summed E-state index contributed by atoms with van der Waals surface area (Å²) in [5.74, 6) is 0.904. The molecule has 0 spiro atoms. The van der Waals surface area contributed by atoms with Crippen molar-refractivity contribution >= 4 is 32.4 Å². The average Bonchev–Trinajstić information content (AvgIpc) is 3.24. The third-order valence-corrected chi connectivity index (χ3v) is 7.65. The van der Waals surface area contributed by atoms with Gasteiger partial charge in [0.2, 0.25) is 10.0 Å². The molecule has 148 valence electrons. The summed E-state index contributed by atoms with van der Waals surface area (Å²) in [4.78, 5) is 7.48. The van der Waals surface area contributed by atoms with Crippen LogP contribution in [0.1, 0.15) is 5.56 Å². The Morgan fingerprint density at radius 3 is 2.31 bits per heavy atom. The number of fused-ring (bicyclic) bond motifs is 3. The van der Waals surface area contributed by atoms with E-state index in [-0.39, 0.29) is 0 Å². The Kier molecular flexibility index (Phi) is 4.29. The van der Waals surface area contributed by atoms with Gasteiger partial charge in [-0.1, -0.05) is 30.3 Å². The standard InChI is InChI=1S/C22H22N4O2S/c1-17-7-2-5-11-21(17)29(27,28)25-15-13-24(14-16-25)22-20-10-6-12-26(20)19-9-4-3-8-18(19)23-22/h2-12H,13-16H2,1H3. The molecular weight excluding hydrogens is 384 g/mol. The van der Waals surface area contributed by atoms with Crippen molar-refractivity contribution in [1.82, 2.24) is 13.7 Å². The molecule has 0 atom stereocenters. The predicted octanol–water partition coefficient (Wildman–Crippen LogP) is 3.31. The molecule has 0 radical (unpaired) electrons. The number of rotatable bonds is 3. The minimum Gasteiger partial charge on any atom is -0.352 e. The summed E-state index contributed by atoms with van der Waals surface area (Å²) in [6, 6.07) is 19.3. The first-order valence-corrected chi connectivity index (χ1v) is 11.2. The minimum absolute atomic E-state index is 0.395. The molecule has 6 nitrogen and oxygen atoms in total. The Bertz CT molecular complexity index is 1300. The lowest BCUT2D eigenvalue weighted by Gasteiger charge is -2.35. The van der Waals surface area contributed by atoms with Crippen LogP contribution in [0.5, 0.6) is 0 Å². The van der Waals surface area contributed by atoms with Crippen LogP contribution >= 0.6 is 0 Å². The largest absolute Gasteiger partial charge is 0.352 e. The van der Waals surface area contributed by atoms with Crippen LogP contribution in [0.15, 0.2) is 71.8 Å². The molecule has 7 heteroatoms. The second kappa shape index (κ2) is 6.86. The maximum atomic E-state index is 13.1. The first-order chi connectivity index (χ1) is 14.1. The van der Waals surface area contributed by atoms with Gasteiger partial charge in [-0.2, -0.15) is 4.31 Å². The van der Waals surface area contributed by atoms with Crippen molar-refractivity contribution in [1.29, 1.82) is 0 Å². The van der Waals surface area contributed by atoms with Crippen molar-refractivity contribution in [2.75, 3.05) is 31.1 Å². The molecule has 3 heterocycles. The van der Waals surface area contributed by atoms with E-state index in [0.717, 1.165) is 27.9 Å². The van der Waals surface area contributed by atoms with Gasteiger partial charge in [-0.25, -0.2) is 13.4 Å². The van der Waals surface area contributed by atoms with E-state index in [1.807, 2.05) is 49.5 Å². The second-order valence-corrected chi connectivity index (χ2v) is 9.25. The summed E-state index contributed by atoms with van der Waals surface area (Å²) in [6.45, 7) is 3.94. The Hall–Kier alpha value is -2.90. The molecule has 5 rings (SSSR count). The van der Waals surface area contributed by atoms with E-state index in [4.69, 9.17) is 4.98 Å². The van der Waals surface area contributed by atoms with E-state index in [1.54, 1.807) is 16.4 Å². The second-order valence-electron chi connectivity index (χ2n) is 7.34. The summed E-state index contributed by atoms with van der Waals surface area (Å²) in [7, 11) is -3.48. The smallest absolute Gasteiger partial charge is 0.243 e. The van der Waals surface area contributed by atoms with Gasteiger partial charge >= 0.3 is 0 Å². The molecule has 1 aliphatic rings. The Labute approximate surface area is 170 Å². The van der Waals surface area contributed by atoms with Gasteiger partial charge in [0, 0.05) is 32.4 Å². The molecule has 29 heavy (non-hydrogen) atoms. The number of nitrogens with zero attached hydrogens (tertiary/aromatic N) is 4. The van der Waals surface area contributed by atoms with E-state index < -0.39 is 10.0 Å². The maximum absolute atomic E-state index is 13.1. The zero-order chi connectivity index (χ0) is 20.0. The number of aryl methyl sites for hydroxylation is 1. The number of anilines is 1. The van der Waals surface area contributed by atoms with Crippen molar-refractivity contribution in [3.8, 4) is 0 Å². The van der Waals surface area contributed by atoms with Crippen molar-refractivity contribution < 1.29 is 8.42 Å². The molecule has 0 saturated carbocycles. The zero-order valence-corrected chi connectivity index (χ0v) is 17.0. The van der Waals surface area contributed by atoms with Gasteiger partial charge in [0.05, 0.1) is 21.4 Å². The number of hydrogen-bond donors (Lipinski definition) is 0. The van der Waals surface area contributed by atoms with Crippen molar-refractivity contribution in [2.45, 2.75) is 11.8 Å². The van der Waals surface area contributed by atoms with Crippen molar-refractivity contribution in [2.24, 2.45) is 0 Å². The maximum Gasteiger partial charge on any atom is 0.243 e. The molecule has 0 aliphatic carbocycles. The zero-order valence-electron chi connectivity index (χ0n) is 16.2. The molecule has 4 aromatic rings. The molecule has 0 amide bonds. The first-order valence-electron chi connectivity index (χ1n) is 9.72. The lowest BCUT2D eigenvalue weighted by molar-refractivity contribution is 0.384. The van der Waals surface area contributed by atoms with E-state index >= 15 is 0 Å². The van der Waals surface area contributed by atoms with Gasteiger partial charge < -0.3 is 9.30 Å². The molecule has 0 N–H and O–H groups in total. The fraction of sp³-hybridized carbons (Fsp3) is 0.227. The molecule has 1 saturated heterocycles. The molecule has 1 aliphatic heterocycles. The van der Waals surface area contributed by atoms with Crippen molar-refractivity contribution in [3.63, 3.8) is 0 Å². The van der Waals surface area contributed by atoms with Crippen LogP contribution in [0.2, 0.25) is 0 Å². The summed E-state index contributed by atoms with van der Waals surface area (Å²) in [5.41, 5.74) is 3.82. The lowest BCUT2D eigenvalue weighted by atomic mass is 10.2. The predicted molar refractivity (Wildman–Crippen MR) is 115 cm³/mol. The normalized spacial score (nSPS) is 16.0. The molecule has 2 aromatic heterocycles. The number of piperazine rings is 1. The van der Waals surface area contributed by atoms with Crippen LogP contribution in [0.25, 0.3) is 16.6 Å². The van der Waals surface area contributed by atoms with Crippen LogP contribution in [0, 0.1) is 6.92 Å². The fourth-order valence-electron chi connectivity index (χ4n) is 4.06. The molecule has 1 fully saturated rings. The van der Waals surface area contributed by atoms with E-state index in [1.165, 1.54) is 0 Å². The minimum atomic E-state index is -3.48. The van der Waals surface area contributed by atoms with Crippen LogP contribution in [0.3, 0.4) is 0 Å². The third-order valence-electron chi connectivity index (χ3n) is 5.60. The highest BCUT2D eigenvalue weighted by Gasteiger charge is 2.30. The van der Waals surface area contributed by atoms with Gasteiger partial charge in [0.15, 0.2) is 5.82 Å². The number of sulfonamides is 1. The molecular formula is C22H22N4O2S. The van der Waals surface area contributed by atoms with Crippen LogP contribution in [-0.4, -0.2) is 48.3 Å². The van der Waals surface area contributed by atoms with E-state index in [0.29, 0.717) is 31.1 Å². The van der Waals surface area contributed by atoms with E-state index in [2.05, 4.69) is 21.4 Å². The molecule has 2 aromatic carbocycles. The average molecular weight is 407 g/mol. The van der Waals surface area contributed by atoms with Gasteiger partial charge in [0.1, 0.15) is 0 Å². The number of benzene rings is 2. The SMILES string of the molecule is Cc1ccccc1S(=O)(=O)N1CCN(c2nc3ccccc3n3cccc23)CC1. The van der Waals surface area contributed by atoms with E-state index in [9.17, 15) is 8.42 Å². The third kappa shape index (κ3) is 2.97. The molecule has 0 unspecified atom stereocenters. The summed E-state index contributed by atoms with van der Waals surface area (Å²) < 4.78 is 29.9. The highest BCUT2D eigenvalue weighted by Crippen LogP contribution is 2.27.